The number of aliphatic hydroxyl groups is 3. The van der Waals surface area contributed by atoms with Crippen molar-refractivity contribution < 1.29 is 34.4 Å². The third kappa shape index (κ3) is 6.13. The molecule has 7 nitrogen and oxygen atoms in total. The first kappa shape index (κ1) is 25.2. The first-order valence-corrected chi connectivity index (χ1v) is 11.2. The highest BCUT2D eigenvalue weighted by Gasteiger charge is 2.42. The fourth-order valence-electron chi connectivity index (χ4n) is 4.11. The van der Waals surface area contributed by atoms with Crippen LogP contribution in [-0.4, -0.2) is 64.2 Å². The average Bonchev–Trinajstić information content (AvgIpc) is 2.80. The molecule has 3 N–H and O–H groups in total. The van der Waals surface area contributed by atoms with Crippen LogP contribution in [0, 0.1) is 5.92 Å². The van der Waals surface area contributed by atoms with Gasteiger partial charge in [-0.25, -0.2) is 0 Å². The molecule has 178 valence electrons. The van der Waals surface area contributed by atoms with E-state index in [0.29, 0.717) is 5.56 Å². The molecule has 2 aromatic carbocycles. The number of aliphatic hydroxyl groups excluding tert-OH is 3. The number of ketones is 2. The van der Waals surface area contributed by atoms with E-state index in [2.05, 4.69) is 0 Å². The molecule has 0 amide bonds. The van der Waals surface area contributed by atoms with Crippen LogP contribution in [0.3, 0.4) is 0 Å². The minimum Gasteiger partial charge on any atom is -0.388 e. The maximum atomic E-state index is 13.0. The van der Waals surface area contributed by atoms with E-state index in [1.54, 1.807) is 31.2 Å². The Balaban J connectivity index is 1.58. The van der Waals surface area contributed by atoms with Gasteiger partial charge in [-0.1, -0.05) is 68.4 Å². The van der Waals surface area contributed by atoms with Crippen molar-refractivity contribution in [3.05, 3.63) is 71.3 Å². The van der Waals surface area contributed by atoms with Gasteiger partial charge in [0, 0.05) is 17.9 Å². The monoisotopic (exact) mass is 456 g/mol. The van der Waals surface area contributed by atoms with Gasteiger partial charge >= 0.3 is 0 Å². The van der Waals surface area contributed by atoms with Crippen LogP contribution >= 0.6 is 0 Å². The molecule has 0 unspecified atom stereocenters. The van der Waals surface area contributed by atoms with Crippen LogP contribution in [0.15, 0.2) is 54.6 Å². The number of carbonyl (C=O) groups excluding carboxylic acids is 2. The third-order valence-corrected chi connectivity index (χ3v) is 6.01. The van der Waals surface area contributed by atoms with Crippen LogP contribution in [0.1, 0.15) is 48.2 Å². The zero-order valence-corrected chi connectivity index (χ0v) is 19.1. The van der Waals surface area contributed by atoms with Gasteiger partial charge in [0.15, 0.2) is 12.1 Å². The standard InChI is InChI=1S/C26H32O7/c1-15(2)22(19-7-5-4-6-8-19)20(27)13-17-9-11-18(12-10-17)21(28)14-32-26-25(31)24(30)23(29)16(3)33-26/h4-12,15-16,22-26,29-31H,13-14H2,1-3H3/t16-,22-,23+,24+,25-,26+/m0/s1. The van der Waals surface area contributed by atoms with E-state index in [-0.39, 0.29) is 36.4 Å². The van der Waals surface area contributed by atoms with Crippen molar-refractivity contribution >= 4 is 11.6 Å². The summed E-state index contributed by atoms with van der Waals surface area (Å²) in [5.41, 5.74) is 2.21. The highest BCUT2D eigenvalue weighted by atomic mass is 16.7. The Labute approximate surface area is 194 Å². The van der Waals surface area contributed by atoms with E-state index in [1.165, 1.54) is 0 Å². The molecule has 33 heavy (non-hydrogen) atoms. The fraction of sp³-hybridized carbons (Fsp3) is 0.462. The van der Waals surface area contributed by atoms with Crippen molar-refractivity contribution in [3.8, 4) is 0 Å². The van der Waals surface area contributed by atoms with E-state index in [4.69, 9.17) is 9.47 Å². The van der Waals surface area contributed by atoms with Gasteiger partial charge in [-0.15, -0.1) is 0 Å². The minimum atomic E-state index is -1.46. The van der Waals surface area contributed by atoms with Crippen molar-refractivity contribution in [2.75, 3.05) is 6.61 Å². The normalized spacial score (nSPS) is 26.2. The summed E-state index contributed by atoms with van der Waals surface area (Å²) in [7, 11) is 0. The van der Waals surface area contributed by atoms with E-state index in [9.17, 15) is 24.9 Å². The Morgan fingerprint density at radius 3 is 2.18 bits per heavy atom. The molecule has 0 saturated carbocycles. The lowest BCUT2D eigenvalue weighted by Gasteiger charge is -2.38. The van der Waals surface area contributed by atoms with Gasteiger partial charge < -0.3 is 24.8 Å². The predicted molar refractivity (Wildman–Crippen MR) is 122 cm³/mol. The van der Waals surface area contributed by atoms with Gasteiger partial charge in [0.2, 0.25) is 0 Å². The number of hydrogen-bond acceptors (Lipinski definition) is 7. The Kier molecular flexibility index (Phi) is 8.51. The van der Waals surface area contributed by atoms with Gasteiger partial charge in [0.1, 0.15) is 30.7 Å². The van der Waals surface area contributed by atoms with Crippen molar-refractivity contribution in [2.24, 2.45) is 5.92 Å². The fourth-order valence-corrected chi connectivity index (χ4v) is 4.11. The van der Waals surface area contributed by atoms with E-state index < -0.39 is 30.7 Å². The molecule has 1 fully saturated rings. The van der Waals surface area contributed by atoms with Gasteiger partial charge in [-0.2, -0.15) is 0 Å². The van der Waals surface area contributed by atoms with Crippen molar-refractivity contribution in [2.45, 2.75) is 63.8 Å². The predicted octanol–water partition coefficient (Wildman–Crippen LogP) is 2.26. The molecule has 0 bridgehead atoms. The summed E-state index contributed by atoms with van der Waals surface area (Å²) in [6.07, 6.45) is -5.81. The molecule has 1 saturated heterocycles. The largest absolute Gasteiger partial charge is 0.388 e. The van der Waals surface area contributed by atoms with Gasteiger partial charge in [-0.3, -0.25) is 9.59 Å². The highest BCUT2D eigenvalue weighted by molar-refractivity contribution is 5.97. The maximum Gasteiger partial charge on any atom is 0.188 e. The Morgan fingerprint density at radius 1 is 0.939 bits per heavy atom. The maximum absolute atomic E-state index is 13.0. The van der Waals surface area contributed by atoms with Gasteiger partial charge in [0.05, 0.1) is 6.10 Å². The van der Waals surface area contributed by atoms with E-state index in [0.717, 1.165) is 11.1 Å². The SMILES string of the molecule is CC(C)[C@H](C(=O)Cc1ccc(C(=O)CO[C@@H]2O[C@@H](C)[C@@H](O)[C@@H](O)[C@@H]2O)cc1)c1ccccc1. The number of Topliss-reactive ketones (excluding diaryl/α,β-unsaturated/α-hetero) is 2. The Hall–Kier alpha value is -2.42. The molecule has 1 heterocycles. The van der Waals surface area contributed by atoms with E-state index >= 15 is 0 Å². The summed E-state index contributed by atoms with van der Waals surface area (Å²) >= 11 is 0. The first-order chi connectivity index (χ1) is 15.7. The molecule has 3 rings (SSSR count). The zero-order chi connectivity index (χ0) is 24.1. The molecule has 6 atom stereocenters. The molecular formula is C26H32O7. The van der Waals surface area contributed by atoms with Gasteiger partial charge in [-0.05, 0) is 24.0 Å². The highest BCUT2D eigenvalue weighted by Crippen LogP contribution is 2.27. The molecule has 2 aromatic rings. The topological polar surface area (TPSA) is 113 Å². The lowest BCUT2D eigenvalue weighted by atomic mass is 9.83. The summed E-state index contributed by atoms with van der Waals surface area (Å²) in [4.78, 5) is 25.5. The summed E-state index contributed by atoms with van der Waals surface area (Å²) < 4.78 is 10.7. The molecule has 0 aliphatic carbocycles. The van der Waals surface area contributed by atoms with Crippen molar-refractivity contribution in [1.82, 2.24) is 0 Å². The molecule has 0 aromatic heterocycles. The van der Waals surface area contributed by atoms with Gasteiger partial charge in [0.25, 0.3) is 0 Å². The molecule has 0 radical (unpaired) electrons. The Bertz CT molecular complexity index is 925. The van der Waals surface area contributed by atoms with Crippen LogP contribution in [0.2, 0.25) is 0 Å². The van der Waals surface area contributed by atoms with Crippen molar-refractivity contribution in [3.63, 3.8) is 0 Å². The lowest BCUT2D eigenvalue weighted by molar-refractivity contribution is -0.289. The summed E-state index contributed by atoms with van der Waals surface area (Å²) in [5.74, 6) is -0.241. The van der Waals surface area contributed by atoms with Crippen LogP contribution in [0.4, 0.5) is 0 Å². The lowest BCUT2D eigenvalue weighted by Crippen LogP contribution is -2.57. The molecule has 0 spiro atoms. The molecule has 7 heteroatoms. The average molecular weight is 457 g/mol. The quantitative estimate of drug-likeness (QED) is 0.496. The number of rotatable bonds is 9. The van der Waals surface area contributed by atoms with Crippen LogP contribution < -0.4 is 0 Å². The first-order valence-electron chi connectivity index (χ1n) is 11.2. The number of carbonyl (C=O) groups is 2. The van der Waals surface area contributed by atoms with Crippen LogP contribution in [-0.2, 0) is 20.7 Å². The number of ether oxygens (including phenoxy) is 2. The number of benzene rings is 2. The van der Waals surface area contributed by atoms with Crippen LogP contribution in [0.5, 0.6) is 0 Å². The number of hydrogen-bond donors (Lipinski definition) is 3. The molecular weight excluding hydrogens is 424 g/mol. The minimum absolute atomic E-state index is 0.122. The summed E-state index contributed by atoms with van der Waals surface area (Å²) in [5, 5.41) is 29.6. The van der Waals surface area contributed by atoms with Crippen LogP contribution in [0.25, 0.3) is 0 Å². The summed E-state index contributed by atoms with van der Waals surface area (Å²) in [6, 6.07) is 16.5. The summed E-state index contributed by atoms with van der Waals surface area (Å²) in [6.45, 7) is 5.24. The second-order valence-corrected chi connectivity index (χ2v) is 8.89. The second kappa shape index (κ2) is 11.1. The Morgan fingerprint density at radius 2 is 1.58 bits per heavy atom. The third-order valence-electron chi connectivity index (χ3n) is 6.01. The molecule has 1 aliphatic heterocycles. The van der Waals surface area contributed by atoms with Crippen molar-refractivity contribution in [1.29, 1.82) is 0 Å². The smallest absolute Gasteiger partial charge is 0.188 e. The zero-order valence-electron chi connectivity index (χ0n) is 19.1. The molecule has 1 aliphatic rings. The van der Waals surface area contributed by atoms with E-state index in [1.807, 2.05) is 44.2 Å². The second-order valence-electron chi connectivity index (χ2n) is 8.89.